The van der Waals surface area contributed by atoms with Gasteiger partial charge in [0, 0.05) is 11.9 Å². The molecule has 3 N–H and O–H groups in total. The summed E-state index contributed by atoms with van der Waals surface area (Å²) in [5, 5.41) is 3.50. The zero-order valence-corrected chi connectivity index (χ0v) is 12.6. The molecular formula is C14H16ClN5O. The SMILES string of the molecule is Cc1cccc(N/C=C(\N)COc2ncc(Cl)c(C)n2)n1. The Morgan fingerprint density at radius 1 is 1.38 bits per heavy atom. The molecule has 0 radical (unpaired) electrons. The molecule has 0 aliphatic rings. The first-order valence-electron chi connectivity index (χ1n) is 6.31. The Hall–Kier alpha value is -2.34. The number of nitrogens with one attached hydrogen (secondary N) is 1. The highest BCUT2D eigenvalue weighted by molar-refractivity contribution is 6.31. The average Bonchev–Trinajstić information content (AvgIpc) is 2.46. The number of nitrogens with zero attached hydrogens (tertiary/aromatic N) is 3. The Morgan fingerprint density at radius 3 is 2.90 bits per heavy atom. The number of anilines is 1. The van der Waals surface area contributed by atoms with Gasteiger partial charge in [0.2, 0.25) is 0 Å². The van der Waals surface area contributed by atoms with Gasteiger partial charge in [0.25, 0.3) is 0 Å². The van der Waals surface area contributed by atoms with Crippen molar-refractivity contribution in [2.75, 3.05) is 11.9 Å². The summed E-state index contributed by atoms with van der Waals surface area (Å²) in [6.07, 6.45) is 3.12. The molecule has 0 unspecified atom stereocenters. The predicted molar refractivity (Wildman–Crippen MR) is 82.1 cm³/mol. The maximum atomic E-state index is 5.84. The van der Waals surface area contributed by atoms with E-state index in [0.717, 1.165) is 11.5 Å². The molecule has 2 aromatic rings. The van der Waals surface area contributed by atoms with Crippen LogP contribution >= 0.6 is 11.6 Å². The van der Waals surface area contributed by atoms with Gasteiger partial charge in [-0.2, -0.15) is 4.98 Å². The second kappa shape index (κ2) is 6.90. The summed E-state index contributed by atoms with van der Waals surface area (Å²) in [6, 6.07) is 5.92. The topological polar surface area (TPSA) is 86.0 Å². The summed E-state index contributed by atoms with van der Waals surface area (Å²) >= 11 is 5.84. The first kappa shape index (κ1) is 15.1. The molecule has 0 aromatic carbocycles. The maximum absolute atomic E-state index is 5.84. The molecule has 2 rings (SSSR count). The first-order valence-corrected chi connectivity index (χ1v) is 6.69. The minimum Gasteiger partial charge on any atom is -0.457 e. The third-order valence-corrected chi connectivity index (χ3v) is 2.93. The Kier molecular flexibility index (Phi) is 4.94. The molecule has 0 saturated heterocycles. The molecular weight excluding hydrogens is 290 g/mol. The number of aryl methyl sites for hydroxylation is 2. The zero-order valence-electron chi connectivity index (χ0n) is 11.8. The number of halogens is 1. The van der Waals surface area contributed by atoms with Gasteiger partial charge in [0.1, 0.15) is 12.4 Å². The predicted octanol–water partition coefficient (Wildman–Crippen LogP) is 2.43. The van der Waals surface area contributed by atoms with Crippen molar-refractivity contribution in [3.63, 3.8) is 0 Å². The van der Waals surface area contributed by atoms with E-state index in [9.17, 15) is 0 Å². The van der Waals surface area contributed by atoms with Gasteiger partial charge in [0.15, 0.2) is 0 Å². The number of pyridine rings is 1. The number of ether oxygens (including phenoxy) is 1. The Labute approximate surface area is 128 Å². The van der Waals surface area contributed by atoms with E-state index in [-0.39, 0.29) is 12.6 Å². The molecule has 0 spiro atoms. The molecule has 2 aromatic heterocycles. The molecule has 0 amide bonds. The maximum Gasteiger partial charge on any atom is 0.317 e. The van der Waals surface area contributed by atoms with Gasteiger partial charge >= 0.3 is 6.01 Å². The number of nitrogens with two attached hydrogens (primary N) is 1. The largest absolute Gasteiger partial charge is 0.457 e. The molecule has 2 heterocycles. The van der Waals surface area contributed by atoms with Crippen LogP contribution in [-0.2, 0) is 0 Å². The van der Waals surface area contributed by atoms with Crippen molar-refractivity contribution in [2.45, 2.75) is 13.8 Å². The van der Waals surface area contributed by atoms with E-state index in [2.05, 4.69) is 20.3 Å². The van der Waals surface area contributed by atoms with E-state index in [0.29, 0.717) is 16.4 Å². The number of aromatic nitrogens is 3. The lowest BCUT2D eigenvalue weighted by Gasteiger charge is -2.06. The summed E-state index contributed by atoms with van der Waals surface area (Å²) in [6.45, 7) is 3.86. The van der Waals surface area contributed by atoms with Crippen molar-refractivity contribution in [3.8, 4) is 6.01 Å². The van der Waals surface area contributed by atoms with E-state index in [1.807, 2.05) is 25.1 Å². The van der Waals surface area contributed by atoms with E-state index in [4.69, 9.17) is 22.1 Å². The number of hydrogen-bond acceptors (Lipinski definition) is 6. The summed E-state index contributed by atoms with van der Waals surface area (Å²) in [5.74, 6) is 0.719. The summed E-state index contributed by atoms with van der Waals surface area (Å²) < 4.78 is 5.38. The van der Waals surface area contributed by atoms with E-state index in [1.165, 1.54) is 6.20 Å². The minimum absolute atomic E-state index is 0.167. The second-order valence-electron chi connectivity index (χ2n) is 4.40. The summed E-state index contributed by atoms with van der Waals surface area (Å²) in [5.41, 5.74) is 7.92. The molecule has 110 valence electrons. The van der Waals surface area contributed by atoms with Crippen molar-refractivity contribution in [1.82, 2.24) is 15.0 Å². The lowest BCUT2D eigenvalue weighted by molar-refractivity contribution is 0.321. The van der Waals surface area contributed by atoms with Gasteiger partial charge < -0.3 is 15.8 Å². The van der Waals surface area contributed by atoms with Crippen molar-refractivity contribution in [1.29, 1.82) is 0 Å². The molecule has 21 heavy (non-hydrogen) atoms. The monoisotopic (exact) mass is 305 g/mol. The van der Waals surface area contributed by atoms with Gasteiger partial charge in [-0.3, -0.25) is 0 Å². The van der Waals surface area contributed by atoms with Gasteiger partial charge in [0.05, 0.1) is 22.6 Å². The fourth-order valence-electron chi connectivity index (χ4n) is 1.48. The third-order valence-electron chi connectivity index (χ3n) is 2.56. The van der Waals surface area contributed by atoms with Crippen LogP contribution in [0.1, 0.15) is 11.4 Å². The average molecular weight is 306 g/mol. The summed E-state index contributed by atoms with van der Waals surface area (Å²) in [4.78, 5) is 12.3. The number of hydrogen-bond donors (Lipinski definition) is 2. The minimum atomic E-state index is 0.167. The molecule has 0 aliphatic carbocycles. The van der Waals surface area contributed by atoms with Crippen molar-refractivity contribution >= 4 is 17.4 Å². The van der Waals surface area contributed by atoms with Crippen molar-refractivity contribution in [2.24, 2.45) is 5.73 Å². The van der Waals surface area contributed by atoms with Crippen LogP contribution in [0.2, 0.25) is 5.02 Å². The lowest BCUT2D eigenvalue weighted by Crippen LogP contribution is -2.12. The van der Waals surface area contributed by atoms with Crippen LogP contribution in [0.3, 0.4) is 0 Å². The highest BCUT2D eigenvalue weighted by Gasteiger charge is 2.02. The van der Waals surface area contributed by atoms with Crippen LogP contribution in [-0.4, -0.2) is 21.6 Å². The smallest absolute Gasteiger partial charge is 0.317 e. The molecule has 7 heteroatoms. The summed E-state index contributed by atoms with van der Waals surface area (Å²) in [7, 11) is 0. The third kappa shape index (κ3) is 4.61. The van der Waals surface area contributed by atoms with Gasteiger partial charge in [-0.05, 0) is 26.0 Å². The highest BCUT2D eigenvalue weighted by Crippen LogP contribution is 2.13. The lowest BCUT2D eigenvalue weighted by atomic mass is 10.4. The fraction of sp³-hybridized carbons (Fsp3) is 0.214. The molecule has 0 aliphatic heterocycles. The highest BCUT2D eigenvalue weighted by atomic mass is 35.5. The van der Waals surface area contributed by atoms with Gasteiger partial charge in [-0.1, -0.05) is 17.7 Å². The standard InChI is InChI=1S/C14H16ClN5O/c1-9-4-3-5-13(19-9)17-6-11(16)8-21-14-18-7-12(15)10(2)20-14/h3-7H,8,16H2,1-2H3,(H,17,19)/b11-6-. The zero-order chi connectivity index (χ0) is 15.2. The molecule has 6 nitrogen and oxygen atoms in total. The molecule has 0 bridgehead atoms. The van der Waals surface area contributed by atoms with Crippen molar-refractivity contribution < 1.29 is 4.74 Å². The van der Waals surface area contributed by atoms with E-state index in [1.54, 1.807) is 13.1 Å². The second-order valence-corrected chi connectivity index (χ2v) is 4.81. The quantitative estimate of drug-likeness (QED) is 0.882. The fourth-order valence-corrected chi connectivity index (χ4v) is 1.57. The molecule has 0 fully saturated rings. The van der Waals surface area contributed by atoms with Crippen LogP contribution in [0.15, 0.2) is 36.3 Å². The van der Waals surface area contributed by atoms with Crippen LogP contribution in [0.25, 0.3) is 0 Å². The van der Waals surface area contributed by atoms with Crippen molar-refractivity contribution in [3.05, 3.63) is 52.7 Å². The molecule has 0 saturated carbocycles. The van der Waals surface area contributed by atoms with E-state index < -0.39 is 0 Å². The van der Waals surface area contributed by atoms with Crippen LogP contribution < -0.4 is 15.8 Å². The normalized spacial score (nSPS) is 11.3. The Bertz CT molecular complexity index is 660. The Morgan fingerprint density at radius 2 is 2.19 bits per heavy atom. The number of rotatable bonds is 5. The van der Waals surface area contributed by atoms with Crippen LogP contribution in [0, 0.1) is 13.8 Å². The van der Waals surface area contributed by atoms with Crippen LogP contribution in [0.4, 0.5) is 5.82 Å². The van der Waals surface area contributed by atoms with Gasteiger partial charge in [-0.15, -0.1) is 0 Å². The van der Waals surface area contributed by atoms with Crippen LogP contribution in [0.5, 0.6) is 6.01 Å². The van der Waals surface area contributed by atoms with E-state index >= 15 is 0 Å². The van der Waals surface area contributed by atoms with Gasteiger partial charge in [-0.25, -0.2) is 9.97 Å². The first-order chi connectivity index (χ1) is 10.0. The molecule has 0 atom stereocenters. The Balaban J connectivity index is 1.90.